The van der Waals surface area contributed by atoms with Crippen LogP contribution in [0.3, 0.4) is 0 Å². The highest BCUT2D eigenvalue weighted by Gasteiger charge is 2.40. The number of carbonyl (C=O) groups is 1. The molecule has 0 radical (unpaired) electrons. The van der Waals surface area contributed by atoms with Gasteiger partial charge in [-0.2, -0.15) is 0 Å². The van der Waals surface area contributed by atoms with Crippen LogP contribution < -0.4 is 4.90 Å². The predicted molar refractivity (Wildman–Crippen MR) is 221 cm³/mol. The molecule has 10 rings (SSSR count). The van der Waals surface area contributed by atoms with Crippen LogP contribution in [0.2, 0.25) is 0 Å². The maximum atomic E-state index is 15.1. The van der Waals surface area contributed by atoms with Crippen molar-refractivity contribution in [2.45, 2.75) is 6.23 Å². The maximum Gasteiger partial charge on any atom is 0.263 e. The first-order chi connectivity index (χ1) is 26.6. The molecule has 54 heavy (non-hydrogen) atoms. The highest BCUT2D eigenvalue weighted by Crippen LogP contribution is 2.46. The van der Waals surface area contributed by atoms with Crippen molar-refractivity contribution in [1.29, 1.82) is 0 Å². The van der Waals surface area contributed by atoms with Gasteiger partial charge in [0.1, 0.15) is 0 Å². The standard InChI is InChI=1S/C50H34N2O2/c53-49-42-22-13-23-45(48(42)50(54)52(49)44-29-26-37(33-14-5-1-6-15-33)30-43(44)36-20-11-4-12-21-36)51-46-31-38(34-16-7-2-8-17-34)24-27-40(46)41-28-25-39(32-47(41)51)35-18-9-3-10-19-35/h1-32,49,53H. The SMILES string of the molecule is O=C1c2c(cccc2-n2c3cc(-c4ccccc4)ccc3c3ccc(-c4ccccc4)cc32)C(O)N1c1ccc(-c2ccccc2)cc1-c1ccccc1. The second kappa shape index (κ2) is 12.9. The van der Waals surface area contributed by atoms with E-state index in [4.69, 9.17) is 0 Å². The molecule has 1 aliphatic heterocycles. The molecule has 4 heteroatoms. The molecule has 1 atom stereocenters. The van der Waals surface area contributed by atoms with Crippen molar-refractivity contribution < 1.29 is 9.90 Å². The van der Waals surface area contributed by atoms with E-state index in [1.807, 2.05) is 91.0 Å². The highest BCUT2D eigenvalue weighted by molar-refractivity contribution is 6.17. The van der Waals surface area contributed by atoms with E-state index in [1.165, 1.54) is 0 Å². The van der Waals surface area contributed by atoms with E-state index in [0.29, 0.717) is 16.8 Å². The minimum atomic E-state index is -1.18. The van der Waals surface area contributed by atoms with Gasteiger partial charge in [-0.3, -0.25) is 9.69 Å². The van der Waals surface area contributed by atoms with Gasteiger partial charge < -0.3 is 9.67 Å². The van der Waals surface area contributed by atoms with Crippen LogP contribution in [-0.2, 0) is 0 Å². The molecule has 8 aromatic carbocycles. The molecule has 4 nitrogen and oxygen atoms in total. The number of benzene rings is 8. The molecule has 256 valence electrons. The van der Waals surface area contributed by atoms with Gasteiger partial charge >= 0.3 is 0 Å². The smallest absolute Gasteiger partial charge is 0.263 e. The first-order valence-electron chi connectivity index (χ1n) is 18.2. The third-order valence-electron chi connectivity index (χ3n) is 10.7. The molecule has 1 aromatic heterocycles. The zero-order valence-corrected chi connectivity index (χ0v) is 29.3. The normalized spacial score (nSPS) is 13.8. The van der Waals surface area contributed by atoms with E-state index in [-0.39, 0.29) is 5.91 Å². The number of aliphatic hydroxyl groups excluding tert-OH is 1. The summed E-state index contributed by atoms with van der Waals surface area (Å²) >= 11 is 0. The van der Waals surface area contributed by atoms with Gasteiger partial charge in [0.2, 0.25) is 0 Å². The summed E-state index contributed by atoms with van der Waals surface area (Å²) in [7, 11) is 0. The molecule has 0 spiro atoms. The lowest BCUT2D eigenvalue weighted by Gasteiger charge is -2.25. The number of fused-ring (bicyclic) bond motifs is 4. The van der Waals surface area contributed by atoms with E-state index in [2.05, 4.69) is 108 Å². The Balaban J connectivity index is 1.19. The van der Waals surface area contributed by atoms with Crippen molar-refractivity contribution in [3.63, 3.8) is 0 Å². The van der Waals surface area contributed by atoms with Gasteiger partial charge in [-0.15, -0.1) is 0 Å². The quantitative estimate of drug-likeness (QED) is 0.188. The summed E-state index contributed by atoms with van der Waals surface area (Å²) in [5, 5.41) is 14.3. The van der Waals surface area contributed by atoms with Crippen molar-refractivity contribution in [3.05, 3.63) is 205 Å². The predicted octanol–water partition coefficient (Wildman–Crippen LogP) is 12.1. The average Bonchev–Trinajstić information content (AvgIpc) is 3.71. The Labute approximate surface area is 313 Å². The lowest BCUT2D eigenvalue weighted by molar-refractivity contribution is 0.0935. The molecule has 0 fully saturated rings. The van der Waals surface area contributed by atoms with Crippen molar-refractivity contribution >= 4 is 33.4 Å². The molecule has 1 N–H and O–H groups in total. The van der Waals surface area contributed by atoms with Gasteiger partial charge in [0.15, 0.2) is 6.23 Å². The first-order valence-corrected chi connectivity index (χ1v) is 18.2. The maximum absolute atomic E-state index is 15.1. The number of rotatable bonds is 6. The molecule has 1 amide bonds. The zero-order chi connectivity index (χ0) is 36.2. The second-order valence-corrected chi connectivity index (χ2v) is 13.8. The molecule has 2 heterocycles. The van der Waals surface area contributed by atoms with Gasteiger partial charge in [-0.25, -0.2) is 0 Å². The summed E-state index contributed by atoms with van der Waals surface area (Å²) in [5.74, 6) is -0.244. The van der Waals surface area contributed by atoms with Crippen LogP contribution in [0.15, 0.2) is 194 Å². The molecule has 1 unspecified atom stereocenters. The van der Waals surface area contributed by atoms with Crippen molar-refractivity contribution in [3.8, 4) is 50.2 Å². The molecule has 0 saturated carbocycles. The fourth-order valence-electron chi connectivity index (χ4n) is 8.11. The number of carbonyl (C=O) groups excluding carboxylic acids is 1. The van der Waals surface area contributed by atoms with Crippen molar-refractivity contribution in [1.82, 2.24) is 4.57 Å². The number of hydrogen-bond acceptors (Lipinski definition) is 2. The van der Waals surface area contributed by atoms with Crippen LogP contribution in [0.25, 0.3) is 72.0 Å². The lowest BCUT2D eigenvalue weighted by Crippen LogP contribution is -2.28. The highest BCUT2D eigenvalue weighted by atomic mass is 16.3. The van der Waals surface area contributed by atoms with Crippen LogP contribution in [-0.4, -0.2) is 15.6 Å². The van der Waals surface area contributed by atoms with Gasteiger partial charge in [-0.05, 0) is 69.3 Å². The van der Waals surface area contributed by atoms with E-state index in [1.54, 1.807) is 4.90 Å². The molecule has 0 bridgehead atoms. The number of hydrogen-bond donors (Lipinski definition) is 1. The van der Waals surface area contributed by atoms with Crippen molar-refractivity contribution in [2.24, 2.45) is 0 Å². The molecule has 9 aromatic rings. The lowest BCUT2D eigenvalue weighted by atomic mass is 9.96. The molecule has 0 saturated heterocycles. The molecule has 1 aliphatic rings. The Morgan fingerprint density at radius 2 is 0.870 bits per heavy atom. The van der Waals surface area contributed by atoms with Crippen LogP contribution in [0, 0.1) is 0 Å². The average molecular weight is 695 g/mol. The summed E-state index contributed by atoms with van der Waals surface area (Å²) in [6.45, 7) is 0. The largest absolute Gasteiger partial charge is 0.369 e. The molecule has 0 aliphatic carbocycles. The fourth-order valence-corrected chi connectivity index (χ4v) is 8.11. The summed E-state index contributed by atoms with van der Waals surface area (Å²) in [6, 6.07) is 66.1. The third-order valence-corrected chi connectivity index (χ3v) is 10.7. The minimum Gasteiger partial charge on any atom is -0.369 e. The number of aromatic nitrogens is 1. The minimum absolute atomic E-state index is 0.244. The third kappa shape index (κ3) is 5.15. The molecular weight excluding hydrogens is 661 g/mol. The van der Waals surface area contributed by atoms with E-state index in [9.17, 15) is 5.11 Å². The van der Waals surface area contributed by atoms with Crippen LogP contribution in [0.5, 0.6) is 0 Å². The second-order valence-electron chi connectivity index (χ2n) is 13.8. The van der Waals surface area contributed by atoms with E-state index in [0.717, 1.165) is 72.0 Å². The van der Waals surface area contributed by atoms with E-state index < -0.39 is 6.23 Å². The topological polar surface area (TPSA) is 45.5 Å². The summed E-state index contributed by atoms with van der Waals surface area (Å²) < 4.78 is 2.22. The van der Waals surface area contributed by atoms with Crippen LogP contribution >= 0.6 is 0 Å². The number of anilines is 1. The van der Waals surface area contributed by atoms with Crippen LogP contribution in [0.1, 0.15) is 22.1 Å². The monoisotopic (exact) mass is 694 g/mol. The number of nitrogens with zero attached hydrogens (tertiary/aromatic N) is 2. The summed E-state index contributed by atoms with van der Waals surface area (Å²) in [4.78, 5) is 16.6. The number of aliphatic hydroxyl groups is 1. The first kappa shape index (κ1) is 31.7. The summed E-state index contributed by atoms with van der Waals surface area (Å²) in [5.41, 5.74) is 12.8. The number of amides is 1. The fraction of sp³-hybridized carbons (Fsp3) is 0.0200. The van der Waals surface area contributed by atoms with Crippen LogP contribution in [0.4, 0.5) is 5.69 Å². The van der Waals surface area contributed by atoms with Gasteiger partial charge in [0, 0.05) is 21.9 Å². The van der Waals surface area contributed by atoms with Gasteiger partial charge in [0.25, 0.3) is 5.91 Å². The summed E-state index contributed by atoms with van der Waals surface area (Å²) in [6.07, 6.45) is -1.18. The van der Waals surface area contributed by atoms with Gasteiger partial charge in [-0.1, -0.05) is 164 Å². The Hall–Kier alpha value is -7.01. The zero-order valence-electron chi connectivity index (χ0n) is 29.3. The van der Waals surface area contributed by atoms with Gasteiger partial charge in [0.05, 0.1) is 28.0 Å². The van der Waals surface area contributed by atoms with Crippen molar-refractivity contribution in [2.75, 3.05) is 4.90 Å². The Kier molecular flexibility index (Phi) is 7.57. The van der Waals surface area contributed by atoms with E-state index >= 15 is 4.79 Å². The molecular formula is C50H34N2O2. The Bertz CT molecular complexity index is 2750. The Morgan fingerprint density at radius 3 is 1.39 bits per heavy atom. The Morgan fingerprint density at radius 1 is 0.407 bits per heavy atom.